The molecular weight excluding hydrogens is 370 g/mol. The molecular formula is C19H27NO8. The second-order valence-electron chi connectivity index (χ2n) is 6.39. The third kappa shape index (κ3) is 5.90. The quantitative estimate of drug-likeness (QED) is 0.469. The van der Waals surface area contributed by atoms with Crippen LogP contribution in [-0.2, 0) is 39.8 Å². The van der Waals surface area contributed by atoms with E-state index in [-0.39, 0.29) is 33.0 Å². The summed E-state index contributed by atoms with van der Waals surface area (Å²) >= 11 is 0. The van der Waals surface area contributed by atoms with Crippen LogP contribution in [0, 0.1) is 0 Å². The van der Waals surface area contributed by atoms with Crippen molar-refractivity contribution >= 4 is 12.1 Å². The van der Waals surface area contributed by atoms with Gasteiger partial charge in [-0.25, -0.2) is 9.59 Å². The van der Waals surface area contributed by atoms with E-state index in [1.165, 1.54) is 21.3 Å². The van der Waals surface area contributed by atoms with Crippen LogP contribution in [0.2, 0.25) is 0 Å². The Morgan fingerprint density at radius 2 is 1.57 bits per heavy atom. The highest BCUT2D eigenvalue weighted by Crippen LogP contribution is 2.35. The van der Waals surface area contributed by atoms with Crippen molar-refractivity contribution in [2.24, 2.45) is 0 Å². The fourth-order valence-corrected chi connectivity index (χ4v) is 3.15. The molecule has 28 heavy (non-hydrogen) atoms. The molecule has 0 aromatic heterocycles. The Kier molecular flexibility index (Phi) is 8.65. The number of carbonyl (C=O) groups is 2. The number of nitrogens with one attached hydrogen (secondary N) is 1. The first-order valence-corrected chi connectivity index (χ1v) is 8.83. The number of methoxy groups -OCH3 is 3. The van der Waals surface area contributed by atoms with Crippen molar-refractivity contribution in [3.05, 3.63) is 35.9 Å². The Morgan fingerprint density at radius 1 is 1.00 bits per heavy atom. The van der Waals surface area contributed by atoms with Crippen LogP contribution in [0.5, 0.6) is 0 Å². The summed E-state index contributed by atoms with van der Waals surface area (Å²) in [6.07, 6.45) is -1.42. The zero-order valence-corrected chi connectivity index (χ0v) is 16.3. The average Bonchev–Trinajstić information content (AvgIpc) is 3.07. The minimum Gasteiger partial charge on any atom is -0.467 e. The number of amides is 1. The number of hydrogen-bond donors (Lipinski definition) is 1. The highest BCUT2D eigenvalue weighted by molar-refractivity contribution is 5.86. The summed E-state index contributed by atoms with van der Waals surface area (Å²) in [6, 6.07) is 9.23. The number of alkyl carbamates (subject to hydrolysis) is 1. The Bertz CT molecular complexity index is 608. The van der Waals surface area contributed by atoms with Crippen molar-refractivity contribution in [1.82, 2.24) is 5.32 Å². The highest BCUT2D eigenvalue weighted by Gasteiger charge is 2.54. The van der Waals surface area contributed by atoms with E-state index in [1.807, 2.05) is 30.3 Å². The number of ether oxygens (including phenoxy) is 6. The molecule has 1 aromatic carbocycles. The maximum atomic E-state index is 12.5. The maximum Gasteiger partial charge on any atom is 0.408 e. The van der Waals surface area contributed by atoms with Gasteiger partial charge in [-0.2, -0.15) is 0 Å². The summed E-state index contributed by atoms with van der Waals surface area (Å²) in [5.74, 6) is -0.598. The second-order valence-corrected chi connectivity index (χ2v) is 6.39. The molecule has 0 unspecified atom stereocenters. The van der Waals surface area contributed by atoms with E-state index in [1.54, 1.807) is 0 Å². The molecule has 2 atom stereocenters. The van der Waals surface area contributed by atoms with E-state index in [0.29, 0.717) is 0 Å². The molecule has 0 radical (unpaired) electrons. The van der Waals surface area contributed by atoms with E-state index in [4.69, 9.17) is 28.4 Å². The lowest BCUT2D eigenvalue weighted by Gasteiger charge is -2.27. The topological polar surface area (TPSA) is 102 Å². The van der Waals surface area contributed by atoms with Crippen molar-refractivity contribution < 1.29 is 38.0 Å². The summed E-state index contributed by atoms with van der Waals surface area (Å²) in [7, 11) is 4.24. The second kappa shape index (κ2) is 11.0. The SMILES string of the molecule is COCO[C@H]1CC(NC(=O)OCc2ccccc2)(C(=O)OC)C[C@@H]1OCOC. The lowest BCUT2D eigenvalue weighted by atomic mass is 9.97. The monoisotopic (exact) mass is 397 g/mol. The molecule has 1 amide bonds. The number of carbonyl (C=O) groups excluding carboxylic acids is 2. The first-order valence-electron chi connectivity index (χ1n) is 8.83. The van der Waals surface area contributed by atoms with Crippen LogP contribution in [0.25, 0.3) is 0 Å². The van der Waals surface area contributed by atoms with Crippen molar-refractivity contribution in [3.63, 3.8) is 0 Å². The summed E-state index contributed by atoms with van der Waals surface area (Å²) in [5.41, 5.74) is -0.502. The van der Waals surface area contributed by atoms with E-state index in [9.17, 15) is 9.59 Å². The molecule has 9 nitrogen and oxygen atoms in total. The number of benzene rings is 1. The van der Waals surface area contributed by atoms with Gasteiger partial charge in [0.2, 0.25) is 0 Å². The fourth-order valence-electron chi connectivity index (χ4n) is 3.15. The third-order valence-electron chi connectivity index (χ3n) is 4.44. The van der Waals surface area contributed by atoms with Crippen LogP contribution in [0.1, 0.15) is 18.4 Å². The van der Waals surface area contributed by atoms with E-state index in [0.717, 1.165) is 5.56 Å². The predicted octanol–water partition coefficient (Wildman–Crippen LogP) is 1.60. The number of hydrogen-bond acceptors (Lipinski definition) is 8. The van der Waals surface area contributed by atoms with E-state index >= 15 is 0 Å². The van der Waals surface area contributed by atoms with Gasteiger partial charge in [-0.15, -0.1) is 0 Å². The van der Waals surface area contributed by atoms with Crippen LogP contribution in [0.3, 0.4) is 0 Å². The zero-order chi connectivity index (χ0) is 20.4. The molecule has 0 saturated heterocycles. The van der Waals surface area contributed by atoms with Gasteiger partial charge >= 0.3 is 12.1 Å². The Labute approximate surface area is 164 Å². The molecule has 0 aliphatic heterocycles. The fraction of sp³-hybridized carbons (Fsp3) is 0.579. The van der Waals surface area contributed by atoms with Crippen LogP contribution in [0.4, 0.5) is 4.79 Å². The summed E-state index contributed by atoms with van der Waals surface area (Å²) in [5, 5.41) is 2.65. The summed E-state index contributed by atoms with van der Waals surface area (Å²) < 4.78 is 31.3. The average molecular weight is 397 g/mol. The predicted molar refractivity (Wildman–Crippen MR) is 97.2 cm³/mol. The van der Waals surface area contributed by atoms with Gasteiger partial charge in [-0.05, 0) is 5.56 Å². The molecule has 1 aromatic rings. The molecule has 9 heteroatoms. The third-order valence-corrected chi connectivity index (χ3v) is 4.44. The van der Waals surface area contributed by atoms with Crippen LogP contribution in [0.15, 0.2) is 30.3 Å². The molecule has 2 rings (SSSR count). The van der Waals surface area contributed by atoms with Crippen LogP contribution < -0.4 is 5.32 Å². The molecule has 1 aliphatic carbocycles. The lowest BCUT2D eigenvalue weighted by Crippen LogP contribution is -2.54. The minimum atomic E-state index is -1.33. The van der Waals surface area contributed by atoms with Crippen molar-refractivity contribution in [1.29, 1.82) is 0 Å². The minimum absolute atomic E-state index is 0.0210. The van der Waals surface area contributed by atoms with Crippen LogP contribution >= 0.6 is 0 Å². The van der Waals surface area contributed by atoms with E-state index in [2.05, 4.69) is 5.32 Å². The first kappa shape index (κ1) is 22.1. The van der Waals surface area contributed by atoms with Gasteiger partial charge in [0.05, 0.1) is 19.3 Å². The van der Waals surface area contributed by atoms with Gasteiger partial charge in [0, 0.05) is 27.1 Å². The summed E-state index contributed by atoms with van der Waals surface area (Å²) in [4.78, 5) is 24.9. The lowest BCUT2D eigenvalue weighted by molar-refractivity contribution is -0.149. The molecule has 0 spiro atoms. The molecule has 1 aliphatic rings. The smallest absolute Gasteiger partial charge is 0.408 e. The maximum absolute atomic E-state index is 12.5. The Morgan fingerprint density at radius 3 is 2.07 bits per heavy atom. The molecule has 1 N–H and O–H groups in total. The highest BCUT2D eigenvalue weighted by atomic mass is 16.7. The van der Waals surface area contributed by atoms with Gasteiger partial charge in [-0.1, -0.05) is 30.3 Å². The van der Waals surface area contributed by atoms with Gasteiger partial charge in [0.1, 0.15) is 25.7 Å². The standard InChI is InChI=1S/C19H27NO8/c1-23-12-27-15-9-19(17(21)25-3,10-16(15)28-13-24-2)20-18(22)26-11-14-7-5-4-6-8-14/h4-8,15-16H,9-13H2,1-3H3,(H,20,22)/t15-,16-/m0/s1. The zero-order valence-electron chi connectivity index (χ0n) is 16.3. The van der Waals surface area contributed by atoms with Gasteiger partial charge in [0.25, 0.3) is 0 Å². The molecule has 0 bridgehead atoms. The van der Waals surface area contributed by atoms with Gasteiger partial charge in [0.15, 0.2) is 0 Å². The van der Waals surface area contributed by atoms with Gasteiger partial charge < -0.3 is 33.7 Å². The summed E-state index contributed by atoms with van der Waals surface area (Å²) in [6.45, 7) is 0.123. The molecule has 0 heterocycles. The molecule has 1 fully saturated rings. The largest absolute Gasteiger partial charge is 0.467 e. The normalized spacial score (nSPS) is 20.5. The number of rotatable bonds is 10. The van der Waals surface area contributed by atoms with Crippen LogP contribution in [-0.4, -0.2) is 64.7 Å². The number of esters is 1. The first-order chi connectivity index (χ1) is 13.5. The van der Waals surface area contributed by atoms with Crippen molar-refractivity contribution in [3.8, 4) is 0 Å². The van der Waals surface area contributed by atoms with Crippen molar-refractivity contribution in [2.75, 3.05) is 34.9 Å². The Hall–Kier alpha value is -2.20. The van der Waals surface area contributed by atoms with Gasteiger partial charge in [-0.3, -0.25) is 0 Å². The molecule has 1 saturated carbocycles. The van der Waals surface area contributed by atoms with Crippen molar-refractivity contribution in [2.45, 2.75) is 37.2 Å². The van der Waals surface area contributed by atoms with E-state index < -0.39 is 29.8 Å². The Balaban J connectivity index is 2.07. The molecule has 156 valence electrons.